The maximum atomic E-state index is 13.2. The van der Waals surface area contributed by atoms with Crippen molar-refractivity contribution in [3.63, 3.8) is 0 Å². The fourth-order valence-corrected chi connectivity index (χ4v) is 5.03. The van der Waals surface area contributed by atoms with Crippen molar-refractivity contribution in [3.8, 4) is 0 Å². The molecule has 0 unspecified atom stereocenters. The van der Waals surface area contributed by atoms with Crippen LogP contribution in [0.1, 0.15) is 38.7 Å². The van der Waals surface area contributed by atoms with Crippen molar-refractivity contribution in [3.05, 3.63) is 35.9 Å². The minimum atomic E-state index is -3.43. The lowest BCUT2D eigenvalue weighted by molar-refractivity contribution is 0.240. The van der Waals surface area contributed by atoms with E-state index in [1.54, 1.807) is 8.61 Å². The van der Waals surface area contributed by atoms with Crippen LogP contribution in [0.15, 0.2) is 30.3 Å². The van der Waals surface area contributed by atoms with Gasteiger partial charge in [-0.15, -0.1) is 12.4 Å². The molecule has 1 aliphatic heterocycles. The van der Waals surface area contributed by atoms with Crippen LogP contribution in [0.5, 0.6) is 0 Å². The van der Waals surface area contributed by atoms with Gasteiger partial charge in [0.25, 0.3) is 10.2 Å². The highest BCUT2D eigenvalue weighted by Gasteiger charge is 2.34. The number of nitrogens with zero attached hydrogens (tertiary/aromatic N) is 2. The molecule has 24 heavy (non-hydrogen) atoms. The normalized spacial score (nSPS) is 16.3. The SMILES string of the molecule is CCCN(C1CCNCC1)S(=O)(=O)N(CC)Cc1ccccc1.Cl. The van der Waals surface area contributed by atoms with Gasteiger partial charge in [0.1, 0.15) is 0 Å². The second-order valence-electron chi connectivity index (χ2n) is 6.01. The van der Waals surface area contributed by atoms with E-state index in [-0.39, 0.29) is 18.4 Å². The van der Waals surface area contributed by atoms with Crippen molar-refractivity contribution in [2.24, 2.45) is 0 Å². The van der Waals surface area contributed by atoms with Gasteiger partial charge in [0.2, 0.25) is 0 Å². The van der Waals surface area contributed by atoms with E-state index in [9.17, 15) is 8.42 Å². The third-order valence-electron chi connectivity index (χ3n) is 4.34. The molecule has 1 fully saturated rings. The average Bonchev–Trinajstić information content (AvgIpc) is 2.59. The first-order chi connectivity index (χ1) is 11.1. The number of hydrogen-bond donors (Lipinski definition) is 1. The largest absolute Gasteiger partial charge is 0.317 e. The van der Waals surface area contributed by atoms with Crippen molar-refractivity contribution < 1.29 is 8.42 Å². The summed E-state index contributed by atoms with van der Waals surface area (Å²) in [4.78, 5) is 0. The van der Waals surface area contributed by atoms with Crippen LogP contribution in [0, 0.1) is 0 Å². The van der Waals surface area contributed by atoms with Crippen molar-refractivity contribution in [2.45, 2.75) is 45.7 Å². The standard InChI is InChI=1S/C17H29N3O2S.ClH/c1-3-14-20(17-10-12-18-13-11-17)23(21,22)19(4-2)15-16-8-6-5-7-9-16;/h5-9,17-18H,3-4,10-15H2,1-2H3;1H. The topological polar surface area (TPSA) is 52.7 Å². The van der Waals surface area contributed by atoms with Gasteiger partial charge in [-0.2, -0.15) is 17.0 Å². The number of rotatable bonds is 8. The van der Waals surface area contributed by atoms with Crippen molar-refractivity contribution in [1.29, 1.82) is 0 Å². The van der Waals surface area contributed by atoms with Gasteiger partial charge in [-0.25, -0.2) is 0 Å². The maximum absolute atomic E-state index is 13.2. The van der Waals surface area contributed by atoms with E-state index in [0.717, 1.165) is 37.9 Å². The first-order valence-electron chi connectivity index (χ1n) is 8.61. The predicted octanol–water partition coefficient (Wildman–Crippen LogP) is 2.64. The molecule has 1 saturated heterocycles. The zero-order chi connectivity index (χ0) is 16.7. The molecule has 1 heterocycles. The smallest absolute Gasteiger partial charge is 0.282 e. The van der Waals surface area contributed by atoms with E-state index in [2.05, 4.69) is 5.32 Å². The molecule has 138 valence electrons. The van der Waals surface area contributed by atoms with Crippen LogP contribution in [-0.4, -0.2) is 49.2 Å². The van der Waals surface area contributed by atoms with E-state index < -0.39 is 10.2 Å². The quantitative estimate of drug-likeness (QED) is 0.759. The first-order valence-corrected chi connectivity index (χ1v) is 10.0. The second-order valence-corrected chi connectivity index (χ2v) is 7.89. The van der Waals surface area contributed by atoms with E-state index in [0.29, 0.717) is 19.6 Å². The van der Waals surface area contributed by atoms with Gasteiger partial charge in [-0.1, -0.05) is 44.2 Å². The van der Waals surface area contributed by atoms with Crippen LogP contribution in [0.2, 0.25) is 0 Å². The Kier molecular flexibility index (Phi) is 9.23. The molecule has 0 atom stereocenters. The third-order valence-corrected chi connectivity index (χ3v) is 6.45. The highest BCUT2D eigenvalue weighted by atomic mass is 35.5. The molecule has 0 saturated carbocycles. The number of halogens is 1. The number of nitrogens with one attached hydrogen (secondary N) is 1. The van der Waals surface area contributed by atoms with Crippen LogP contribution >= 0.6 is 12.4 Å². The summed E-state index contributed by atoms with van der Waals surface area (Å²) in [5.41, 5.74) is 1.03. The Hall–Kier alpha value is -0.660. The summed E-state index contributed by atoms with van der Waals surface area (Å²) in [6, 6.07) is 9.93. The fraction of sp³-hybridized carbons (Fsp3) is 0.647. The highest BCUT2D eigenvalue weighted by molar-refractivity contribution is 7.86. The van der Waals surface area contributed by atoms with Crippen molar-refractivity contribution in [2.75, 3.05) is 26.2 Å². The lowest BCUT2D eigenvalue weighted by Gasteiger charge is -2.36. The molecular weight excluding hydrogens is 346 g/mol. The lowest BCUT2D eigenvalue weighted by atomic mass is 10.1. The summed E-state index contributed by atoms with van der Waals surface area (Å²) in [6.07, 6.45) is 2.62. The van der Waals surface area contributed by atoms with Gasteiger partial charge >= 0.3 is 0 Å². The fourth-order valence-electron chi connectivity index (χ4n) is 3.09. The molecule has 1 N–H and O–H groups in total. The zero-order valence-corrected chi connectivity index (χ0v) is 16.3. The first kappa shape index (κ1) is 21.4. The summed E-state index contributed by atoms with van der Waals surface area (Å²) >= 11 is 0. The maximum Gasteiger partial charge on any atom is 0.282 e. The third kappa shape index (κ3) is 5.43. The second kappa shape index (κ2) is 10.4. The predicted molar refractivity (Wildman–Crippen MR) is 102 cm³/mol. The molecule has 0 aliphatic carbocycles. The van der Waals surface area contributed by atoms with Gasteiger partial charge in [0.15, 0.2) is 0 Å². The summed E-state index contributed by atoms with van der Waals surface area (Å²) in [7, 11) is -3.43. The Morgan fingerprint density at radius 2 is 1.75 bits per heavy atom. The molecule has 0 radical (unpaired) electrons. The van der Waals surface area contributed by atoms with E-state index in [4.69, 9.17) is 0 Å². The Morgan fingerprint density at radius 3 is 2.29 bits per heavy atom. The van der Waals surface area contributed by atoms with Gasteiger partial charge < -0.3 is 5.32 Å². The summed E-state index contributed by atoms with van der Waals surface area (Å²) < 4.78 is 29.7. The molecule has 0 amide bonds. The molecule has 0 spiro atoms. The van der Waals surface area contributed by atoms with Crippen molar-refractivity contribution in [1.82, 2.24) is 13.9 Å². The molecule has 1 aromatic carbocycles. The molecule has 2 rings (SSSR count). The molecule has 0 bridgehead atoms. The average molecular weight is 376 g/mol. The molecule has 5 nitrogen and oxygen atoms in total. The summed E-state index contributed by atoms with van der Waals surface area (Å²) in [5.74, 6) is 0. The number of piperidine rings is 1. The Morgan fingerprint density at radius 1 is 1.12 bits per heavy atom. The number of hydrogen-bond acceptors (Lipinski definition) is 3. The molecular formula is C17H30ClN3O2S. The van der Waals surface area contributed by atoms with Gasteiger partial charge in [-0.3, -0.25) is 0 Å². The minimum Gasteiger partial charge on any atom is -0.317 e. The Bertz CT molecular complexity index is 562. The zero-order valence-electron chi connectivity index (χ0n) is 14.6. The monoisotopic (exact) mass is 375 g/mol. The van der Waals surface area contributed by atoms with Gasteiger partial charge in [-0.05, 0) is 37.9 Å². The van der Waals surface area contributed by atoms with E-state index in [1.807, 2.05) is 44.2 Å². The molecule has 7 heteroatoms. The van der Waals surface area contributed by atoms with Gasteiger partial charge in [0, 0.05) is 25.7 Å². The highest BCUT2D eigenvalue weighted by Crippen LogP contribution is 2.21. The van der Waals surface area contributed by atoms with E-state index >= 15 is 0 Å². The molecule has 1 aromatic rings. The molecule has 0 aromatic heterocycles. The summed E-state index contributed by atoms with van der Waals surface area (Å²) in [5, 5.41) is 3.31. The Balaban J connectivity index is 0.00000288. The minimum absolute atomic E-state index is 0. The summed E-state index contributed by atoms with van der Waals surface area (Å²) in [6.45, 7) is 7.26. The van der Waals surface area contributed by atoms with Gasteiger partial charge in [0.05, 0.1) is 0 Å². The lowest BCUT2D eigenvalue weighted by Crippen LogP contribution is -2.51. The Labute approximate surface area is 153 Å². The van der Waals surface area contributed by atoms with Crippen LogP contribution in [0.25, 0.3) is 0 Å². The van der Waals surface area contributed by atoms with Crippen LogP contribution in [0.3, 0.4) is 0 Å². The van der Waals surface area contributed by atoms with Crippen LogP contribution in [-0.2, 0) is 16.8 Å². The van der Waals surface area contributed by atoms with Crippen LogP contribution in [0.4, 0.5) is 0 Å². The van der Waals surface area contributed by atoms with E-state index in [1.165, 1.54) is 0 Å². The van der Waals surface area contributed by atoms with Crippen molar-refractivity contribution >= 4 is 22.6 Å². The number of benzene rings is 1. The molecule has 1 aliphatic rings. The van der Waals surface area contributed by atoms with Crippen LogP contribution < -0.4 is 5.32 Å².